The number of β-amino-alcohol motifs (C(OH)–C–C–N with tert-alkyl or cyclic N) is 1. The Morgan fingerprint density at radius 2 is 1.90 bits per heavy atom. The number of nitrogens with one attached hydrogen (secondary N) is 1. The van der Waals surface area contributed by atoms with E-state index in [2.05, 4.69) is 10.3 Å². The standard InChI is InChI=1S/C28H22F5N5O2/c1-14-17(6-8-23(35-14)37-12-27(39,13-37)28(31,32)33)15-5-7-18-20(9-15)38-21-10-19(25(38)36-18)34-11-16-3-2-4-22(24(16)21)40-26(29)30/h2-9,11,19,26,34,39H,10,12-13H2,1H3/t19-/m1/s1. The first-order valence-electron chi connectivity index (χ1n) is 12.6. The van der Waals surface area contributed by atoms with E-state index in [0.29, 0.717) is 23.2 Å². The maximum atomic E-state index is 13.2. The summed E-state index contributed by atoms with van der Waals surface area (Å²) in [4.78, 5) is 10.7. The summed E-state index contributed by atoms with van der Waals surface area (Å²) < 4.78 is 72.5. The number of anilines is 1. The van der Waals surface area contributed by atoms with E-state index in [1.54, 1.807) is 31.3 Å². The van der Waals surface area contributed by atoms with Gasteiger partial charge in [-0.15, -0.1) is 0 Å². The molecule has 0 aliphatic carbocycles. The molecule has 7 rings (SSSR count). The van der Waals surface area contributed by atoms with Crippen LogP contribution in [0.1, 0.15) is 24.0 Å². The Bertz CT molecular complexity index is 1810. The number of ether oxygens (including phenoxy) is 1. The smallest absolute Gasteiger partial charge is 0.420 e. The highest BCUT2D eigenvalue weighted by molar-refractivity contribution is 5.87. The summed E-state index contributed by atoms with van der Waals surface area (Å²) in [6.07, 6.45) is -2.37. The van der Waals surface area contributed by atoms with Gasteiger partial charge in [0.2, 0.25) is 0 Å². The number of nitrogens with zero attached hydrogens (tertiary/aromatic N) is 4. The van der Waals surface area contributed by atoms with Crippen molar-refractivity contribution in [1.29, 1.82) is 0 Å². The Labute approximate surface area is 223 Å². The zero-order chi connectivity index (χ0) is 28.0. The Morgan fingerprint density at radius 1 is 1.10 bits per heavy atom. The Kier molecular flexibility index (Phi) is 5.22. The highest BCUT2D eigenvalue weighted by atomic mass is 19.4. The second-order valence-electron chi connectivity index (χ2n) is 10.3. The van der Waals surface area contributed by atoms with E-state index >= 15 is 0 Å². The van der Waals surface area contributed by atoms with Gasteiger partial charge < -0.3 is 20.1 Å². The summed E-state index contributed by atoms with van der Waals surface area (Å²) >= 11 is 0. The number of imidazole rings is 1. The third-order valence-corrected chi connectivity index (χ3v) is 7.80. The molecular formula is C28H22F5N5O2. The van der Waals surface area contributed by atoms with E-state index in [1.807, 2.05) is 28.8 Å². The molecule has 1 atom stereocenters. The highest BCUT2D eigenvalue weighted by Gasteiger charge is 2.61. The van der Waals surface area contributed by atoms with E-state index in [0.717, 1.165) is 38.9 Å². The van der Waals surface area contributed by atoms with Gasteiger partial charge in [-0.3, -0.25) is 4.57 Å². The van der Waals surface area contributed by atoms with Crippen molar-refractivity contribution in [2.75, 3.05) is 18.0 Å². The molecule has 5 heterocycles. The molecule has 4 aromatic rings. The molecule has 0 saturated carbocycles. The molecule has 0 spiro atoms. The largest absolute Gasteiger partial charge is 0.434 e. The Balaban J connectivity index is 1.31. The van der Waals surface area contributed by atoms with Crippen LogP contribution in [0.15, 0.2) is 48.5 Å². The average Bonchev–Trinajstić information content (AvgIpc) is 3.34. The lowest BCUT2D eigenvalue weighted by molar-refractivity contribution is -0.267. The van der Waals surface area contributed by atoms with Crippen LogP contribution in [0.5, 0.6) is 5.75 Å². The van der Waals surface area contributed by atoms with Crippen LogP contribution >= 0.6 is 0 Å². The fraction of sp³-hybridized carbons (Fsp3) is 0.286. The van der Waals surface area contributed by atoms with Crippen molar-refractivity contribution in [2.24, 2.45) is 0 Å². The molecule has 0 amide bonds. The average molecular weight is 556 g/mol. The first-order chi connectivity index (χ1) is 19.0. The zero-order valence-electron chi connectivity index (χ0n) is 21.0. The van der Waals surface area contributed by atoms with Gasteiger partial charge in [0.25, 0.3) is 0 Å². The number of aliphatic hydroxyl groups is 1. The van der Waals surface area contributed by atoms with Crippen LogP contribution < -0.4 is 25.4 Å². The number of alkyl halides is 5. The number of hydrogen-bond acceptors (Lipinski definition) is 6. The van der Waals surface area contributed by atoms with Gasteiger partial charge in [0, 0.05) is 40.0 Å². The monoisotopic (exact) mass is 555 g/mol. The summed E-state index contributed by atoms with van der Waals surface area (Å²) in [5.74, 6) is 1.20. The van der Waals surface area contributed by atoms with Crippen molar-refractivity contribution in [1.82, 2.24) is 19.9 Å². The minimum Gasteiger partial charge on any atom is -0.434 e. The summed E-state index contributed by atoms with van der Waals surface area (Å²) in [5.41, 5.74) is 1.80. The van der Waals surface area contributed by atoms with E-state index < -0.39 is 31.5 Å². The Hall–Kier alpha value is -4.19. The third kappa shape index (κ3) is 3.65. The molecule has 2 N–H and O–H groups in total. The van der Waals surface area contributed by atoms with Crippen molar-refractivity contribution in [3.63, 3.8) is 0 Å². The molecule has 40 heavy (non-hydrogen) atoms. The predicted molar refractivity (Wildman–Crippen MR) is 137 cm³/mol. The molecule has 7 nitrogen and oxygen atoms in total. The molecule has 206 valence electrons. The van der Waals surface area contributed by atoms with E-state index in [9.17, 15) is 27.1 Å². The molecule has 2 aromatic heterocycles. The number of rotatable bonds is 4. The molecule has 3 aliphatic heterocycles. The number of benzene rings is 2. The van der Waals surface area contributed by atoms with Crippen LogP contribution in [0.2, 0.25) is 0 Å². The molecule has 2 aromatic carbocycles. The summed E-state index contributed by atoms with van der Waals surface area (Å²) in [5, 5.41) is 14.4. The van der Waals surface area contributed by atoms with Crippen LogP contribution in [0.25, 0.3) is 34.1 Å². The van der Waals surface area contributed by atoms with Gasteiger partial charge in [-0.25, -0.2) is 9.97 Å². The van der Waals surface area contributed by atoms with Crippen molar-refractivity contribution in [3.8, 4) is 16.9 Å². The number of fused-ring (bicyclic) bond motifs is 8. The van der Waals surface area contributed by atoms with Crippen LogP contribution in [-0.4, -0.2) is 51.1 Å². The first kappa shape index (κ1) is 24.8. The lowest BCUT2D eigenvalue weighted by atomic mass is 9.93. The maximum absolute atomic E-state index is 13.2. The van der Waals surface area contributed by atoms with Crippen molar-refractivity contribution in [2.45, 2.75) is 37.8 Å². The van der Waals surface area contributed by atoms with Gasteiger partial charge in [0.15, 0.2) is 5.60 Å². The quantitative estimate of drug-likeness (QED) is 0.376. The van der Waals surface area contributed by atoms with Gasteiger partial charge in [-0.1, -0.05) is 18.2 Å². The van der Waals surface area contributed by atoms with E-state index in [4.69, 9.17) is 9.72 Å². The van der Waals surface area contributed by atoms with Crippen molar-refractivity contribution >= 4 is 28.7 Å². The topological polar surface area (TPSA) is 75.4 Å². The number of aromatic nitrogens is 3. The summed E-state index contributed by atoms with van der Waals surface area (Å²) in [6.45, 7) is -2.33. The molecule has 12 heteroatoms. The second kappa shape index (κ2) is 8.40. The summed E-state index contributed by atoms with van der Waals surface area (Å²) in [7, 11) is 0. The minimum absolute atomic E-state index is 0.0890. The molecule has 1 saturated heterocycles. The van der Waals surface area contributed by atoms with Gasteiger partial charge in [0.1, 0.15) is 17.4 Å². The first-order valence-corrected chi connectivity index (χ1v) is 12.6. The molecule has 1 fully saturated rings. The van der Waals surface area contributed by atoms with Gasteiger partial charge in [-0.05, 0) is 42.8 Å². The van der Waals surface area contributed by atoms with Crippen LogP contribution in [0.4, 0.5) is 27.8 Å². The lowest BCUT2D eigenvalue weighted by Crippen LogP contribution is -2.69. The second-order valence-corrected chi connectivity index (χ2v) is 10.3. The molecule has 0 unspecified atom stereocenters. The maximum Gasteiger partial charge on any atom is 0.420 e. The number of halogens is 5. The molecule has 2 bridgehead atoms. The molecule has 3 aliphatic rings. The van der Waals surface area contributed by atoms with Crippen molar-refractivity contribution in [3.05, 3.63) is 70.5 Å². The van der Waals surface area contributed by atoms with E-state index in [-0.39, 0.29) is 11.8 Å². The fourth-order valence-electron chi connectivity index (χ4n) is 5.82. The van der Waals surface area contributed by atoms with Gasteiger partial charge >= 0.3 is 12.8 Å². The lowest BCUT2D eigenvalue weighted by Gasteiger charge is -2.47. The molecule has 0 radical (unpaired) electrons. The number of hydrogen-bond donors (Lipinski definition) is 2. The van der Waals surface area contributed by atoms with Crippen molar-refractivity contribution < 1.29 is 31.8 Å². The summed E-state index contributed by atoms with van der Waals surface area (Å²) in [6, 6.07) is 14.0. The minimum atomic E-state index is -4.70. The van der Waals surface area contributed by atoms with E-state index in [1.165, 1.54) is 11.0 Å². The van der Waals surface area contributed by atoms with Gasteiger partial charge in [0.05, 0.1) is 30.2 Å². The Morgan fingerprint density at radius 3 is 2.62 bits per heavy atom. The third-order valence-electron chi connectivity index (χ3n) is 7.80. The zero-order valence-corrected chi connectivity index (χ0v) is 21.0. The van der Waals surface area contributed by atoms with Gasteiger partial charge in [-0.2, -0.15) is 22.0 Å². The van der Waals surface area contributed by atoms with Crippen LogP contribution in [0.3, 0.4) is 0 Å². The normalized spacial score (nSPS) is 19.1. The number of pyridine rings is 1. The van der Waals surface area contributed by atoms with Crippen LogP contribution in [-0.2, 0) is 0 Å². The SMILES string of the molecule is Cc1nc(N2CC(O)(C(F)(F)F)C2)ccc1-c1ccc2nc3n(c2c1)C1=c2c(OC(F)F)cccc2=CN[C@@H]3C1. The fourth-order valence-corrected chi connectivity index (χ4v) is 5.82. The molecular weight excluding hydrogens is 533 g/mol. The number of aryl methyl sites for hydroxylation is 1. The highest BCUT2D eigenvalue weighted by Crippen LogP contribution is 2.41. The predicted octanol–water partition coefficient (Wildman–Crippen LogP) is 3.56. The van der Waals surface area contributed by atoms with Crippen LogP contribution in [0, 0.1) is 6.92 Å².